The Morgan fingerprint density at radius 1 is 1.11 bits per heavy atom. The number of piperidine rings is 1. The molecule has 6 aliphatic rings. The maximum atomic E-state index is 11.5. The van der Waals surface area contributed by atoms with Crippen LogP contribution < -0.4 is 5.32 Å². The minimum absolute atomic E-state index is 0.0898. The lowest BCUT2D eigenvalue weighted by atomic mass is 9.52. The third-order valence-corrected chi connectivity index (χ3v) is 11.3. The van der Waals surface area contributed by atoms with E-state index >= 15 is 0 Å². The molecular weight excluding hydrogens is 434 g/mol. The van der Waals surface area contributed by atoms with Gasteiger partial charge in [0.25, 0.3) is 0 Å². The van der Waals surface area contributed by atoms with Crippen molar-refractivity contribution in [2.75, 3.05) is 6.54 Å². The molecule has 3 saturated carbocycles. The molecule has 4 nitrogen and oxygen atoms in total. The molecule has 2 heterocycles. The summed E-state index contributed by atoms with van der Waals surface area (Å²) in [5.74, 6) is 3.83. The number of carbonyl (C=O) groups is 1. The Morgan fingerprint density at radius 2 is 1.91 bits per heavy atom. The van der Waals surface area contributed by atoms with Crippen LogP contribution >= 0.6 is 0 Å². The van der Waals surface area contributed by atoms with E-state index in [1.54, 1.807) is 12.5 Å². The van der Waals surface area contributed by atoms with Crippen LogP contribution in [0.2, 0.25) is 0 Å². The molecule has 4 aliphatic carbocycles. The summed E-state index contributed by atoms with van der Waals surface area (Å²) >= 11 is 0. The number of rotatable bonds is 1. The third kappa shape index (κ3) is 4.54. The molecule has 2 saturated heterocycles. The minimum atomic E-state index is -0.103. The second kappa shape index (κ2) is 9.78. The van der Waals surface area contributed by atoms with Crippen LogP contribution in [0.1, 0.15) is 112 Å². The second-order valence-corrected chi connectivity index (χ2v) is 13.3. The van der Waals surface area contributed by atoms with Crippen molar-refractivity contribution in [2.24, 2.45) is 35.0 Å². The molecule has 6 rings (SSSR count). The number of hydrogen-bond acceptors (Lipinski definition) is 4. The summed E-state index contributed by atoms with van der Waals surface area (Å²) in [7, 11) is 0. The summed E-state index contributed by atoms with van der Waals surface area (Å²) in [6.45, 7) is 14.1. The van der Waals surface area contributed by atoms with Crippen LogP contribution in [0.4, 0.5) is 0 Å². The average molecular weight is 486 g/mol. The van der Waals surface area contributed by atoms with Gasteiger partial charge < -0.3 is 14.8 Å². The van der Waals surface area contributed by atoms with E-state index in [-0.39, 0.29) is 17.7 Å². The highest BCUT2D eigenvalue weighted by atomic mass is 16.5. The van der Waals surface area contributed by atoms with Crippen molar-refractivity contribution in [3.8, 4) is 0 Å². The van der Waals surface area contributed by atoms with Gasteiger partial charge in [0.05, 0.1) is 11.7 Å². The van der Waals surface area contributed by atoms with Crippen molar-refractivity contribution >= 4 is 5.97 Å². The SMILES string of the molecule is CC.CC(=O)OC1CCC2(C)C(CCC3C4CCC5(CC(C)=C4CC32)CC2NCC(C)CC2O5)C1. The number of ether oxygens (including phenoxy) is 2. The van der Waals surface area contributed by atoms with Crippen molar-refractivity contribution in [1.29, 1.82) is 0 Å². The third-order valence-electron chi connectivity index (χ3n) is 11.3. The predicted octanol–water partition coefficient (Wildman–Crippen LogP) is 6.82. The molecule has 1 spiro atoms. The van der Waals surface area contributed by atoms with Gasteiger partial charge in [-0.3, -0.25) is 4.79 Å². The zero-order chi connectivity index (χ0) is 25.0. The average Bonchev–Trinajstić information content (AvgIpc) is 3.34. The summed E-state index contributed by atoms with van der Waals surface area (Å²) in [6.07, 6.45) is 14.2. The summed E-state index contributed by atoms with van der Waals surface area (Å²) in [5.41, 5.74) is 4.01. The van der Waals surface area contributed by atoms with E-state index in [2.05, 4.69) is 26.1 Å². The lowest BCUT2D eigenvalue weighted by molar-refractivity contribution is -0.154. The van der Waals surface area contributed by atoms with Crippen LogP contribution in [0.5, 0.6) is 0 Å². The Hall–Kier alpha value is -0.870. The van der Waals surface area contributed by atoms with Gasteiger partial charge in [0.2, 0.25) is 0 Å². The summed E-state index contributed by atoms with van der Waals surface area (Å²) in [4.78, 5) is 11.5. The van der Waals surface area contributed by atoms with E-state index in [9.17, 15) is 4.79 Å². The van der Waals surface area contributed by atoms with E-state index < -0.39 is 0 Å². The number of nitrogens with one attached hydrogen (secondary N) is 1. The molecule has 0 aromatic heterocycles. The van der Waals surface area contributed by atoms with E-state index in [1.807, 2.05) is 19.4 Å². The van der Waals surface area contributed by atoms with Gasteiger partial charge in [-0.15, -0.1) is 0 Å². The summed E-state index contributed by atoms with van der Waals surface area (Å²) < 4.78 is 12.6. The highest BCUT2D eigenvalue weighted by Gasteiger charge is 2.58. The van der Waals surface area contributed by atoms with E-state index in [1.165, 1.54) is 51.4 Å². The summed E-state index contributed by atoms with van der Waals surface area (Å²) in [6, 6.07) is 0.575. The molecule has 198 valence electrons. The van der Waals surface area contributed by atoms with Gasteiger partial charge in [0.1, 0.15) is 6.10 Å². The van der Waals surface area contributed by atoms with Gasteiger partial charge in [0, 0.05) is 13.0 Å². The molecule has 10 atom stereocenters. The first-order valence-electron chi connectivity index (χ1n) is 15.0. The topological polar surface area (TPSA) is 47.6 Å². The van der Waals surface area contributed by atoms with Gasteiger partial charge in [-0.1, -0.05) is 38.8 Å². The molecule has 5 fully saturated rings. The van der Waals surface area contributed by atoms with Crippen LogP contribution in [0.3, 0.4) is 0 Å². The number of fused-ring (bicyclic) bond motifs is 6. The largest absolute Gasteiger partial charge is 0.463 e. The first-order chi connectivity index (χ1) is 16.8. The minimum Gasteiger partial charge on any atom is -0.463 e. The van der Waals surface area contributed by atoms with E-state index in [0.29, 0.717) is 17.6 Å². The fraction of sp³-hybridized carbons (Fsp3) is 0.903. The Bertz CT molecular complexity index is 837. The fourth-order valence-electron chi connectivity index (χ4n) is 9.74. The molecule has 2 aliphatic heterocycles. The number of carbonyl (C=O) groups excluding carboxylic acids is 1. The molecule has 0 bridgehead atoms. The molecule has 0 radical (unpaired) electrons. The second-order valence-electron chi connectivity index (χ2n) is 13.3. The number of esters is 1. The highest BCUT2D eigenvalue weighted by Crippen LogP contribution is 2.65. The van der Waals surface area contributed by atoms with Gasteiger partial charge >= 0.3 is 5.97 Å². The molecule has 0 aromatic carbocycles. The van der Waals surface area contributed by atoms with E-state index in [4.69, 9.17) is 9.47 Å². The molecule has 0 aromatic rings. The Balaban J connectivity index is 0.00000124. The van der Waals surface area contributed by atoms with Crippen molar-refractivity contribution in [1.82, 2.24) is 5.32 Å². The Kier molecular flexibility index (Phi) is 7.20. The summed E-state index contributed by atoms with van der Waals surface area (Å²) in [5, 5.41) is 3.81. The van der Waals surface area contributed by atoms with Gasteiger partial charge in [-0.2, -0.15) is 0 Å². The van der Waals surface area contributed by atoms with Gasteiger partial charge in [0.15, 0.2) is 0 Å². The normalized spacial score (nSPS) is 48.6. The highest BCUT2D eigenvalue weighted by molar-refractivity contribution is 5.66. The maximum absolute atomic E-state index is 11.5. The molecule has 10 unspecified atom stereocenters. The lowest BCUT2D eigenvalue weighted by Crippen LogP contribution is -2.47. The Morgan fingerprint density at radius 3 is 2.69 bits per heavy atom. The molecule has 1 N–H and O–H groups in total. The monoisotopic (exact) mass is 485 g/mol. The number of hydrogen-bond donors (Lipinski definition) is 1. The smallest absolute Gasteiger partial charge is 0.302 e. The molecule has 4 heteroatoms. The van der Waals surface area contributed by atoms with Crippen LogP contribution in [0.25, 0.3) is 0 Å². The molecule has 0 amide bonds. The molecule has 35 heavy (non-hydrogen) atoms. The first-order valence-corrected chi connectivity index (χ1v) is 15.0. The van der Waals surface area contributed by atoms with Crippen LogP contribution in [-0.2, 0) is 14.3 Å². The number of allylic oxidation sites excluding steroid dienone is 1. The van der Waals surface area contributed by atoms with Gasteiger partial charge in [-0.05, 0) is 119 Å². The van der Waals surface area contributed by atoms with Gasteiger partial charge in [-0.25, -0.2) is 0 Å². The van der Waals surface area contributed by atoms with Crippen molar-refractivity contribution in [3.05, 3.63) is 11.1 Å². The maximum Gasteiger partial charge on any atom is 0.302 e. The van der Waals surface area contributed by atoms with Crippen LogP contribution in [0.15, 0.2) is 11.1 Å². The van der Waals surface area contributed by atoms with Crippen LogP contribution in [-0.4, -0.2) is 36.4 Å². The lowest BCUT2D eigenvalue weighted by Gasteiger charge is -2.54. The van der Waals surface area contributed by atoms with Crippen molar-refractivity contribution in [2.45, 2.75) is 136 Å². The standard InChI is InChI=1S/C29H45NO3.C2H6/c1-17-11-27-26(30-16-17)15-29(33-27)10-8-22-23-6-5-20-12-21(32-19(3)31)7-9-28(20,4)25(23)13-24(22)18(2)14-29;1-2/h17,20-23,25-27,30H,5-16H2,1-4H3;1-2H3. The van der Waals surface area contributed by atoms with Crippen molar-refractivity contribution in [3.63, 3.8) is 0 Å². The quantitative estimate of drug-likeness (QED) is 0.327. The fourth-order valence-corrected chi connectivity index (χ4v) is 9.74. The zero-order valence-corrected chi connectivity index (χ0v) is 23.3. The van der Waals surface area contributed by atoms with Crippen molar-refractivity contribution < 1.29 is 14.3 Å². The predicted molar refractivity (Wildman–Crippen MR) is 141 cm³/mol. The zero-order valence-electron chi connectivity index (χ0n) is 23.3. The van der Waals surface area contributed by atoms with E-state index in [0.717, 1.165) is 55.4 Å². The Labute approximate surface area is 214 Å². The first kappa shape index (κ1) is 25.8. The van der Waals surface area contributed by atoms with Crippen LogP contribution in [0, 0.1) is 35.0 Å². The molecular formula is C31H51NO3.